The van der Waals surface area contributed by atoms with Crippen LogP contribution in [0.1, 0.15) is 31.8 Å². The van der Waals surface area contributed by atoms with E-state index in [-0.39, 0.29) is 11.6 Å². The molecule has 86 heavy (non-hydrogen) atoms. The van der Waals surface area contributed by atoms with Crippen LogP contribution in [0.3, 0.4) is 0 Å². The predicted molar refractivity (Wildman–Crippen MR) is 359 cm³/mol. The molecule has 0 saturated heterocycles. The fourth-order valence-corrected chi connectivity index (χ4v) is 21.8. The van der Waals surface area contributed by atoms with E-state index < -0.39 is 13.3 Å². The number of carbonyl (C=O) groups excluding carboxylic acids is 2. The van der Waals surface area contributed by atoms with Crippen LogP contribution in [0.25, 0.3) is 11.1 Å². The third kappa shape index (κ3) is 11.0. The van der Waals surface area contributed by atoms with E-state index in [4.69, 9.17) is 0 Å². The molecule has 5 nitrogen and oxygen atoms in total. The Morgan fingerprint density at radius 3 is 0.721 bits per heavy atom. The van der Waals surface area contributed by atoms with E-state index in [1.807, 2.05) is 48.5 Å². The number of benzene rings is 13. The van der Waals surface area contributed by atoms with Crippen LogP contribution < -0.4 is 32.3 Å². The molecule has 0 atom stereocenters. The summed E-state index contributed by atoms with van der Waals surface area (Å²) < 4.78 is 5.22. The van der Waals surface area contributed by atoms with Crippen LogP contribution in [0.15, 0.2) is 358 Å². The number of carbonyl (C=O) groups is 2. The van der Waals surface area contributed by atoms with Gasteiger partial charge in [0.25, 0.3) is 0 Å². The number of nitrogens with zero attached hydrogens (tertiary/aromatic N) is 3. The Kier molecular flexibility index (Phi) is 15.8. The molecule has 0 heterocycles. The van der Waals surface area contributed by atoms with Crippen molar-refractivity contribution in [1.82, 2.24) is 0 Å². The third-order valence-electron chi connectivity index (χ3n) is 16.0. The molecule has 0 amide bonds. The summed E-state index contributed by atoms with van der Waals surface area (Å²) in [5, 5.41) is 0. The maximum atomic E-state index is 14.1. The normalized spacial score (nSPS) is 11.1. The standard InChI is InChI=1S/C80H59GeN3O2/c85-79(62-24-8-1-9-25-62)77-38-22-23-39-78(77)80(86)63-42-40-60(41-43-63)61-44-46-66(47-45-61)81(64-26-10-2-11-27-64,65-28-12-3-13-29-65)67-48-50-72(51-49-67)84(75-56-52-73(53-57-75)82(68-30-14-4-15-31-68)69-32-16-5-17-33-69)76-58-54-74(55-59-76)83(70-34-18-6-19-35-70)71-36-20-7-21-37-71/h1-59H. The molecule has 0 saturated carbocycles. The molecule has 13 rings (SSSR count). The molecule has 0 bridgehead atoms. The zero-order valence-corrected chi connectivity index (χ0v) is 49.3. The molecule has 0 aromatic heterocycles. The minimum absolute atomic E-state index is 0.176. The summed E-state index contributed by atoms with van der Waals surface area (Å²) >= 11 is -3.81. The number of para-hydroxylation sites is 4. The summed E-state index contributed by atoms with van der Waals surface area (Å²) in [6, 6.07) is 124. The molecule has 0 fully saturated rings. The van der Waals surface area contributed by atoms with E-state index >= 15 is 0 Å². The predicted octanol–water partition coefficient (Wildman–Crippen LogP) is 17.6. The van der Waals surface area contributed by atoms with E-state index in [2.05, 4.69) is 294 Å². The zero-order valence-electron chi connectivity index (χ0n) is 47.2. The monoisotopic (exact) mass is 1170 g/mol. The number of rotatable bonds is 18. The summed E-state index contributed by atoms with van der Waals surface area (Å²) in [5.74, 6) is -0.368. The van der Waals surface area contributed by atoms with Crippen molar-refractivity contribution in [3.63, 3.8) is 0 Å². The van der Waals surface area contributed by atoms with Crippen LogP contribution in [0.5, 0.6) is 0 Å². The fourth-order valence-electron chi connectivity index (χ4n) is 11.9. The molecule has 6 heteroatoms. The molecule has 0 radical (unpaired) electrons. The van der Waals surface area contributed by atoms with Gasteiger partial charge in [0.15, 0.2) is 0 Å². The Labute approximate surface area is 506 Å². The quantitative estimate of drug-likeness (QED) is 0.0633. The molecule has 0 unspecified atom stereocenters. The van der Waals surface area contributed by atoms with Crippen LogP contribution in [0.2, 0.25) is 0 Å². The number of anilines is 9. The Balaban J connectivity index is 0.882. The topological polar surface area (TPSA) is 43.9 Å². The molecular weight excluding hydrogens is 1110 g/mol. The van der Waals surface area contributed by atoms with Gasteiger partial charge in [-0.3, -0.25) is 4.79 Å². The first-order valence-electron chi connectivity index (χ1n) is 29.0. The Morgan fingerprint density at radius 2 is 0.407 bits per heavy atom. The van der Waals surface area contributed by atoms with E-state index in [9.17, 15) is 9.59 Å². The molecule has 0 aliphatic rings. The first-order chi connectivity index (χ1) is 42.5. The van der Waals surface area contributed by atoms with E-state index in [0.717, 1.165) is 62.3 Å². The molecule has 13 aromatic rings. The second-order valence-corrected chi connectivity index (χ2v) is 29.1. The van der Waals surface area contributed by atoms with Gasteiger partial charge in [0.1, 0.15) is 0 Å². The number of hydrogen-bond donors (Lipinski definition) is 0. The van der Waals surface area contributed by atoms with Crippen molar-refractivity contribution < 1.29 is 9.59 Å². The van der Waals surface area contributed by atoms with E-state index in [1.54, 1.807) is 30.3 Å². The Hall–Kier alpha value is -10.9. The van der Waals surface area contributed by atoms with Gasteiger partial charge in [-0.1, -0.05) is 109 Å². The first-order valence-corrected chi connectivity index (χ1v) is 33.2. The average Bonchev–Trinajstić information content (AvgIpc) is 1.24. The fraction of sp³-hybridized carbons (Fsp3) is 0. The molecular formula is C80H59GeN3O2. The summed E-state index contributed by atoms with van der Waals surface area (Å²) in [6.07, 6.45) is 0. The van der Waals surface area contributed by atoms with Crippen molar-refractivity contribution in [3.05, 3.63) is 380 Å². The van der Waals surface area contributed by atoms with Crippen molar-refractivity contribution in [2.24, 2.45) is 0 Å². The van der Waals surface area contributed by atoms with Crippen LogP contribution in [-0.2, 0) is 0 Å². The molecule has 0 aliphatic carbocycles. The SMILES string of the molecule is O=C(c1ccccc1)c1ccccc1C(=O)c1ccc(-c2cc[c]([Ge]([c]3ccccc3)([c]3ccccc3)[c]3ccc(N(c4ccc(N(c5ccccc5)c5ccccc5)cc4)c4ccc(N(c5ccccc5)c5ccccc5)cc4)cc3)cc2)cc1. The molecule has 0 spiro atoms. The maximum absolute atomic E-state index is 14.1. The second-order valence-electron chi connectivity index (χ2n) is 21.1. The Morgan fingerprint density at radius 1 is 0.198 bits per heavy atom. The molecule has 0 N–H and O–H groups in total. The van der Waals surface area contributed by atoms with Crippen molar-refractivity contribution >= 4 is 93.6 Å². The summed E-state index contributed by atoms with van der Waals surface area (Å²) in [6.45, 7) is 0. The van der Waals surface area contributed by atoms with E-state index in [1.165, 1.54) is 17.6 Å². The van der Waals surface area contributed by atoms with Gasteiger partial charge in [0, 0.05) is 5.56 Å². The van der Waals surface area contributed by atoms with Gasteiger partial charge < -0.3 is 0 Å². The molecule has 0 aliphatic heterocycles. The van der Waals surface area contributed by atoms with Gasteiger partial charge in [0.2, 0.25) is 0 Å². The van der Waals surface area contributed by atoms with E-state index in [0.29, 0.717) is 22.3 Å². The van der Waals surface area contributed by atoms with Gasteiger partial charge >= 0.3 is 390 Å². The summed E-state index contributed by atoms with van der Waals surface area (Å²) in [5.41, 5.74) is 13.4. The van der Waals surface area contributed by atoms with Gasteiger partial charge in [0.05, 0.1) is 0 Å². The minimum atomic E-state index is -3.81. The number of ketones is 2. The van der Waals surface area contributed by atoms with Crippen molar-refractivity contribution in [2.75, 3.05) is 14.7 Å². The van der Waals surface area contributed by atoms with Crippen molar-refractivity contribution in [1.29, 1.82) is 0 Å². The zero-order chi connectivity index (χ0) is 58.1. The van der Waals surface area contributed by atoms with Crippen LogP contribution in [-0.4, -0.2) is 24.8 Å². The van der Waals surface area contributed by atoms with Crippen LogP contribution in [0, 0.1) is 0 Å². The van der Waals surface area contributed by atoms with Gasteiger partial charge in [-0.2, -0.15) is 0 Å². The van der Waals surface area contributed by atoms with Gasteiger partial charge in [-0.15, -0.1) is 0 Å². The summed E-state index contributed by atoms with van der Waals surface area (Å²) in [4.78, 5) is 34.7. The van der Waals surface area contributed by atoms with Crippen molar-refractivity contribution in [2.45, 2.75) is 0 Å². The van der Waals surface area contributed by atoms with Crippen LogP contribution >= 0.6 is 0 Å². The molecule has 13 aromatic carbocycles. The second kappa shape index (κ2) is 24.9. The van der Waals surface area contributed by atoms with Gasteiger partial charge in [-0.25, -0.2) is 0 Å². The summed E-state index contributed by atoms with van der Waals surface area (Å²) in [7, 11) is 0. The van der Waals surface area contributed by atoms with Gasteiger partial charge in [-0.05, 0) is 0 Å². The van der Waals surface area contributed by atoms with Crippen molar-refractivity contribution in [3.8, 4) is 11.1 Å². The number of hydrogen-bond acceptors (Lipinski definition) is 5. The first kappa shape index (κ1) is 54.4. The molecule has 410 valence electrons. The van der Waals surface area contributed by atoms with Crippen LogP contribution in [0.4, 0.5) is 51.2 Å². The average molecular weight is 1170 g/mol. The Bertz CT molecular complexity index is 4120. The third-order valence-corrected chi connectivity index (χ3v) is 26.1.